The number of nitrogens with one attached hydrogen (secondary N) is 1. The van der Waals surface area contributed by atoms with Crippen molar-refractivity contribution in [1.82, 2.24) is 5.32 Å². The SMILES string of the molecule is CS(=O)CCNC(=O)c1cc(F)cc(S(N)(=O)=O)c1Br. The molecule has 0 saturated heterocycles. The summed E-state index contributed by atoms with van der Waals surface area (Å²) in [4.78, 5) is 11.3. The van der Waals surface area contributed by atoms with Crippen molar-refractivity contribution in [3.8, 4) is 0 Å². The lowest BCUT2D eigenvalue weighted by atomic mass is 10.2. The van der Waals surface area contributed by atoms with Gasteiger partial charge in [-0.05, 0) is 28.1 Å². The summed E-state index contributed by atoms with van der Waals surface area (Å²) in [7, 11) is -5.24. The first-order chi connectivity index (χ1) is 9.12. The molecule has 0 bridgehead atoms. The van der Waals surface area contributed by atoms with Crippen LogP contribution in [-0.2, 0) is 20.8 Å². The van der Waals surface area contributed by atoms with Crippen LogP contribution in [-0.4, -0.2) is 37.1 Å². The Kier molecular flexibility index (Phi) is 5.80. The average Bonchev–Trinajstić information content (AvgIpc) is 2.29. The molecule has 0 heterocycles. The number of carbonyl (C=O) groups is 1. The Morgan fingerprint density at radius 1 is 1.50 bits per heavy atom. The molecule has 0 aromatic heterocycles. The summed E-state index contributed by atoms with van der Waals surface area (Å²) < 4.78 is 46.7. The van der Waals surface area contributed by atoms with Gasteiger partial charge in [-0.15, -0.1) is 0 Å². The number of sulfonamides is 1. The van der Waals surface area contributed by atoms with Gasteiger partial charge in [-0.25, -0.2) is 17.9 Å². The summed E-state index contributed by atoms with van der Waals surface area (Å²) in [5.41, 5.74) is -0.198. The third-order valence-electron chi connectivity index (χ3n) is 2.23. The molecule has 6 nitrogen and oxygen atoms in total. The van der Waals surface area contributed by atoms with E-state index in [1.54, 1.807) is 0 Å². The van der Waals surface area contributed by atoms with Gasteiger partial charge >= 0.3 is 0 Å². The van der Waals surface area contributed by atoms with Crippen molar-refractivity contribution in [2.45, 2.75) is 4.90 Å². The second kappa shape index (κ2) is 6.74. The van der Waals surface area contributed by atoms with Gasteiger partial charge in [0.1, 0.15) is 5.82 Å². The van der Waals surface area contributed by atoms with E-state index < -0.39 is 37.4 Å². The zero-order valence-electron chi connectivity index (χ0n) is 10.4. The summed E-state index contributed by atoms with van der Waals surface area (Å²) >= 11 is 2.93. The van der Waals surface area contributed by atoms with Crippen LogP contribution >= 0.6 is 15.9 Å². The van der Waals surface area contributed by atoms with Crippen LogP contribution in [0.2, 0.25) is 0 Å². The lowest BCUT2D eigenvalue weighted by Crippen LogP contribution is -2.28. The number of hydrogen-bond acceptors (Lipinski definition) is 4. The standard InChI is InChI=1S/C10H12BrFN2O4S2/c1-19(16)3-2-14-10(15)7-4-6(12)5-8(9(7)11)20(13,17)18/h4-5H,2-3H2,1H3,(H,14,15)(H2,13,17,18). The fourth-order valence-electron chi connectivity index (χ4n) is 1.34. The first kappa shape index (κ1) is 17.2. The highest BCUT2D eigenvalue weighted by atomic mass is 79.9. The lowest BCUT2D eigenvalue weighted by molar-refractivity contribution is 0.0954. The van der Waals surface area contributed by atoms with E-state index in [0.717, 1.165) is 12.1 Å². The smallest absolute Gasteiger partial charge is 0.252 e. The molecular weight excluding hydrogens is 375 g/mol. The van der Waals surface area contributed by atoms with Crippen molar-refractivity contribution in [3.05, 3.63) is 28.0 Å². The summed E-state index contributed by atoms with van der Waals surface area (Å²) in [5, 5.41) is 7.35. The number of halogens is 2. The molecule has 112 valence electrons. The first-order valence-electron chi connectivity index (χ1n) is 5.23. The predicted octanol–water partition coefficient (Wildman–Crippen LogP) is 0.344. The summed E-state index contributed by atoms with van der Waals surface area (Å²) in [5.74, 6) is -1.35. The van der Waals surface area contributed by atoms with Crippen LogP contribution in [0.4, 0.5) is 4.39 Å². The van der Waals surface area contributed by atoms with E-state index in [2.05, 4.69) is 21.2 Å². The molecule has 10 heteroatoms. The molecule has 1 aromatic rings. The quantitative estimate of drug-likeness (QED) is 0.760. The van der Waals surface area contributed by atoms with E-state index >= 15 is 0 Å². The Morgan fingerprint density at radius 3 is 2.60 bits per heavy atom. The van der Waals surface area contributed by atoms with Crippen molar-refractivity contribution < 1.29 is 21.8 Å². The molecule has 1 rings (SSSR count). The van der Waals surface area contributed by atoms with Gasteiger partial charge in [0.2, 0.25) is 10.0 Å². The third kappa shape index (κ3) is 4.62. The summed E-state index contributed by atoms with van der Waals surface area (Å²) in [6.07, 6.45) is 1.48. The molecule has 0 spiro atoms. The highest BCUT2D eigenvalue weighted by molar-refractivity contribution is 9.10. The lowest BCUT2D eigenvalue weighted by Gasteiger charge is -2.09. The number of nitrogens with two attached hydrogens (primary N) is 1. The maximum Gasteiger partial charge on any atom is 0.252 e. The highest BCUT2D eigenvalue weighted by Gasteiger charge is 2.21. The number of benzene rings is 1. The molecule has 0 aliphatic heterocycles. The molecule has 0 aliphatic rings. The zero-order valence-corrected chi connectivity index (χ0v) is 13.6. The molecule has 3 N–H and O–H groups in total. The largest absolute Gasteiger partial charge is 0.351 e. The molecule has 0 fully saturated rings. The van der Waals surface area contributed by atoms with E-state index in [1.165, 1.54) is 6.26 Å². The third-order valence-corrected chi connectivity index (χ3v) is 5.06. The van der Waals surface area contributed by atoms with E-state index in [0.29, 0.717) is 0 Å². The molecule has 20 heavy (non-hydrogen) atoms. The van der Waals surface area contributed by atoms with Gasteiger partial charge < -0.3 is 5.32 Å². The van der Waals surface area contributed by atoms with Crippen LogP contribution in [0, 0.1) is 5.82 Å². The number of amides is 1. The van der Waals surface area contributed by atoms with Gasteiger partial charge in [-0.3, -0.25) is 9.00 Å². The molecular formula is C10H12BrFN2O4S2. The highest BCUT2D eigenvalue weighted by Crippen LogP contribution is 2.26. The maximum absolute atomic E-state index is 13.4. The van der Waals surface area contributed by atoms with Gasteiger partial charge in [0.05, 0.1) is 14.9 Å². The van der Waals surface area contributed by atoms with Crippen molar-refractivity contribution >= 4 is 42.7 Å². The fraction of sp³-hybridized carbons (Fsp3) is 0.300. The maximum atomic E-state index is 13.4. The number of rotatable bonds is 5. The first-order valence-corrected chi connectivity index (χ1v) is 9.29. The molecule has 0 saturated carbocycles. The molecule has 1 atom stereocenters. The van der Waals surface area contributed by atoms with Crippen LogP contribution < -0.4 is 10.5 Å². The van der Waals surface area contributed by atoms with Crippen molar-refractivity contribution in [1.29, 1.82) is 0 Å². The Hall–Kier alpha value is -0.840. The van der Waals surface area contributed by atoms with Gasteiger partial charge in [-0.2, -0.15) is 0 Å². The van der Waals surface area contributed by atoms with E-state index in [1.807, 2.05) is 0 Å². The molecule has 1 amide bonds. The Balaban J connectivity index is 3.10. The van der Waals surface area contributed by atoms with Crippen LogP contribution in [0.1, 0.15) is 10.4 Å². The van der Waals surface area contributed by atoms with Crippen LogP contribution in [0.15, 0.2) is 21.5 Å². The molecule has 1 aromatic carbocycles. The number of hydrogen-bond donors (Lipinski definition) is 2. The van der Waals surface area contributed by atoms with Crippen LogP contribution in [0.5, 0.6) is 0 Å². The molecule has 1 unspecified atom stereocenters. The van der Waals surface area contributed by atoms with Crippen LogP contribution in [0.3, 0.4) is 0 Å². The summed E-state index contributed by atoms with van der Waals surface area (Å²) in [6.45, 7) is 0.121. The predicted molar refractivity (Wildman–Crippen MR) is 76.7 cm³/mol. The van der Waals surface area contributed by atoms with Crippen molar-refractivity contribution in [2.75, 3.05) is 18.6 Å². The minimum atomic E-state index is -4.16. The van der Waals surface area contributed by atoms with E-state index in [9.17, 15) is 21.8 Å². The van der Waals surface area contributed by atoms with Crippen molar-refractivity contribution in [3.63, 3.8) is 0 Å². The summed E-state index contributed by atoms with van der Waals surface area (Å²) in [6, 6.07) is 1.61. The molecule has 0 radical (unpaired) electrons. The fourth-order valence-corrected chi connectivity index (χ4v) is 3.45. The molecule has 0 aliphatic carbocycles. The monoisotopic (exact) mass is 386 g/mol. The minimum Gasteiger partial charge on any atom is -0.351 e. The van der Waals surface area contributed by atoms with Gasteiger partial charge in [0, 0.05) is 29.4 Å². The van der Waals surface area contributed by atoms with Gasteiger partial charge in [0.25, 0.3) is 5.91 Å². The van der Waals surface area contributed by atoms with Gasteiger partial charge in [0.15, 0.2) is 0 Å². The van der Waals surface area contributed by atoms with Crippen LogP contribution in [0.25, 0.3) is 0 Å². The minimum absolute atomic E-state index is 0.114. The Morgan fingerprint density at radius 2 is 2.10 bits per heavy atom. The van der Waals surface area contributed by atoms with Crippen molar-refractivity contribution in [2.24, 2.45) is 5.14 Å². The Bertz CT molecular complexity index is 663. The second-order valence-electron chi connectivity index (χ2n) is 3.84. The van der Waals surface area contributed by atoms with Gasteiger partial charge in [-0.1, -0.05) is 0 Å². The van der Waals surface area contributed by atoms with E-state index in [4.69, 9.17) is 5.14 Å². The normalized spacial score (nSPS) is 13.0. The zero-order chi connectivity index (χ0) is 15.5. The second-order valence-corrected chi connectivity index (χ2v) is 7.72. The Labute approximate surface area is 126 Å². The van der Waals surface area contributed by atoms with E-state index in [-0.39, 0.29) is 22.3 Å². The average molecular weight is 387 g/mol. The number of carbonyl (C=O) groups excluding carboxylic acids is 1. The number of primary sulfonamides is 1. The topological polar surface area (TPSA) is 106 Å².